The highest BCUT2D eigenvalue weighted by atomic mass is 16.2. The Morgan fingerprint density at radius 3 is 2.68 bits per heavy atom. The van der Waals surface area contributed by atoms with Crippen molar-refractivity contribution in [2.45, 2.75) is 38.6 Å². The van der Waals surface area contributed by atoms with Gasteiger partial charge in [0.2, 0.25) is 5.91 Å². The molecule has 1 amide bonds. The molecule has 3 aromatic rings. The number of anilines is 4. The molecule has 1 aliphatic rings. The first-order valence-corrected chi connectivity index (χ1v) is 10.4. The molecule has 0 spiro atoms. The minimum atomic E-state index is 0.0637. The van der Waals surface area contributed by atoms with Crippen LogP contribution in [0.4, 0.5) is 22.9 Å². The third-order valence-corrected chi connectivity index (χ3v) is 5.71. The third-order valence-electron chi connectivity index (χ3n) is 5.71. The maximum absolute atomic E-state index is 12.1. The summed E-state index contributed by atoms with van der Waals surface area (Å²) in [6, 6.07) is 11.4. The SMILES string of the molecule is CC(=O)N1C[C@H](c2nc(Nc3ccc(N)c(N)c3)cc(-c3cccnc3)n2)CC[C@@H]1C. The Morgan fingerprint density at radius 1 is 1.13 bits per heavy atom. The van der Waals surface area contributed by atoms with Crippen LogP contribution >= 0.6 is 0 Å². The minimum absolute atomic E-state index is 0.0637. The van der Waals surface area contributed by atoms with Crippen molar-refractivity contribution in [1.82, 2.24) is 19.9 Å². The van der Waals surface area contributed by atoms with Crippen LogP contribution < -0.4 is 16.8 Å². The summed E-state index contributed by atoms with van der Waals surface area (Å²) in [6.07, 6.45) is 5.36. The second-order valence-electron chi connectivity index (χ2n) is 8.00. The second kappa shape index (κ2) is 8.59. The number of amides is 1. The van der Waals surface area contributed by atoms with Crippen LogP contribution in [-0.2, 0) is 4.79 Å². The number of hydrogen-bond donors (Lipinski definition) is 3. The van der Waals surface area contributed by atoms with E-state index in [0.29, 0.717) is 29.6 Å². The van der Waals surface area contributed by atoms with Gasteiger partial charge in [0.25, 0.3) is 0 Å². The molecule has 31 heavy (non-hydrogen) atoms. The van der Waals surface area contributed by atoms with E-state index in [9.17, 15) is 4.79 Å². The fourth-order valence-electron chi connectivity index (χ4n) is 3.93. The van der Waals surface area contributed by atoms with E-state index >= 15 is 0 Å². The van der Waals surface area contributed by atoms with E-state index in [0.717, 1.165) is 29.8 Å². The molecule has 3 heterocycles. The second-order valence-corrected chi connectivity index (χ2v) is 8.00. The van der Waals surface area contributed by atoms with Crippen LogP contribution in [0.2, 0.25) is 0 Å². The van der Waals surface area contributed by atoms with Gasteiger partial charge in [-0.1, -0.05) is 0 Å². The van der Waals surface area contributed by atoms with Crippen LogP contribution in [0.25, 0.3) is 11.3 Å². The molecule has 0 bridgehead atoms. The first-order chi connectivity index (χ1) is 14.9. The van der Waals surface area contributed by atoms with Crippen LogP contribution in [0.5, 0.6) is 0 Å². The molecule has 4 rings (SSSR count). The summed E-state index contributed by atoms with van der Waals surface area (Å²) in [5.41, 5.74) is 15.3. The predicted molar refractivity (Wildman–Crippen MR) is 123 cm³/mol. The zero-order valence-corrected chi connectivity index (χ0v) is 17.7. The fourth-order valence-corrected chi connectivity index (χ4v) is 3.93. The van der Waals surface area contributed by atoms with Crippen molar-refractivity contribution in [3.05, 3.63) is 54.6 Å². The van der Waals surface area contributed by atoms with Crippen molar-refractivity contribution in [2.75, 3.05) is 23.3 Å². The molecule has 0 radical (unpaired) electrons. The lowest BCUT2D eigenvalue weighted by Crippen LogP contribution is -2.44. The van der Waals surface area contributed by atoms with Gasteiger partial charge >= 0.3 is 0 Å². The molecule has 1 fully saturated rings. The van der Waals surface area contributed by atoms with Crippen molar-refractivity contribution >= 4 is 28.8 Å². The number of piperidine rings is 1. The summed E-state index contributed by atoms with van der Waals surface area (Å²) in [7, 11) is 0. The van der Waals surface area contributed by atoms with Gasteiger partial charge in [-0.3, -0.25) is 9.78 Å². The largest absolute Gasteiger partial charge is 0.397 e. The highest BCUT2D eigenvalue weighted by Crippen LogP contribution is 2.31. The number of aromatic nitrogens is 3. The first kappa shape index (κ1) is 20.6. The van der Waals surface area contributed by atoms with Gasteiger partial charge in [0.15, 0.2) is 0 Å². The molecular weight excluding hydrogens is 390 g/mol. The number of nitrogens with one attached hydrogen (secondary N) is 1. The fraction of sp³-hybridized carbons (Fsp3) is 0.304. The Bertz CT molecular complexity index is 1090. The summed E-state index contributed by atoms with van der Waals surface area (Å²) in [5, 5.41) is 3.32. The number of nitrogens with zero attached hydrogens (tertiary/aromatic N) is 4. The Labute approximate surface area is 181 Å². The molecule has 8 nitrogen and oxygen atoms in total. The summed E-state index contributed by atoms with van der Waals surface area (Å²) in [5.74, 6) is 1.51. The highest BCUT2D eigenvalue weighted by molar-refractivity contribution is 5.74. The minimum Gasteiger partial charge on any atom is -0.397 e. The van der Waals surface area contributed by atoms with E-state index in [4.69, 9.17) is 21.4 Å². The number of carbonyl (C=O) groups is 1. The smallest absolute Gasteiger partial charge is 0.219 e. The first-order valence-electron chi connectivity index (χ1n) is 10.4. The lowest BCUT2D eigenvalue weighted by Gasteiger charge is -2.37. The Hall–Kier alpha value is -3.68. The summed E-state index contributed by atoms with van der Waals surface area (Å²) >= 11 is 0. The van der Waals surface area contributed by atoms with Crippen LogP contribution in [0.15, 0.2) is 48.8 Å². The number of nitrogens with two attached hydrogens (primary N) is 2. The van der Waals surface area contributed by atoms with Gasteiger partial charge < -0.3 is 21.7 Å². The highest BCUT2D eigenvalue weighted by Gasteiger charge is 2.30. The summed E-state index contributed by atoms with van der Waals surface area (Å²) < 4.78 is 0. The van der Waals surface area contributed by atoms with Crippen molar-refractivity contribution in [2.24, 2.45) is 0 Å². The average Bonchev–Trinajstić information content (AvgIpc) is 2.77. The standard InChI is InChI=1S/C23H27N7O/c1-14-5-6-17(13-30(14)15(2)31)23-28-21(16-4-3-9-26-12-16)11-22(29-23)27-18-7-8-19(24)20(25)10-18/h3-4,7-12,14,17H,5-6,13,24-25H2,1-2H3,(H,27,28,29)/t14-,17+/m0/s1. The van der Waals surface area contributed by atoms with Gasteiger partial charge in [-0.15, -0.1) is 0 Å². The quantitative estimate of drug-likeness (QED) is 0.555. The number of nitrogen functional groups attached to an aromatic ring is 2. The molecule has 1 aromatic carbocycles. The number of likely N-dealkylation sites (tertiary alicyclic amines) is 1. The van der Waals surface area contributed by atoms with E-state index in [1.807, 2.05) is 29.2 Å². The van der Waals surface area contributed by atoms with Gasteiger partial charge in [0, 0.05) is 55.1 Å². The molecular formula is C23H27N7O. The van der Waals surface area contributed by atoms with Gasteiger partial charge in [-0.2, -0.15) is 0 Å². The normalized spacial score (nSPS) is 18.6. The molecule has 0 aliphatic carbocycles. The lowest BCUT2D eigenvalue weighted by atomic mass is 9.92. The van der Waals surface area contributed by atoms with E-state index in [1.165, 1.54) is 0 Å². The summed E-state index contributed by atoms with van der Waals surface area (Å²) in [6.45, 7) is 4.31. The zero-order valence-electron chi connectivity index (χ0n) is 17.7. The number of rotatable bonds is 4. The summed E-state index contributed by atoms with van der Waals surface area (Å²) in [4.78, 5) is 27.9. The maximum atomic E-state index is 12.1. The molecule has 2 atom stereocenters. The van der Waals surface area contributed by atoms with Gasteiger partial charge in [-0.25, -0.2) is 9.97 Å². The third kappa shape index (κ3) is 4.58. The van der Waals surface area contributed by atoms with Crippen LogP contribution in [0.3, 0.4) is 0 Å². The molecule has 0 saturated carbocycles. The van der Waals surface area contributed by atoms with Crippen LogP contribution in [-0.4, -0.2) is 38.3 Å². The molecule has 5 N–H and O–H groups in total. The van der Waals surface area contributed by atoms with E-state index in [-0.39, 0.29) is 17.9 Å². The Kier molecular flexibility index (Phi) is 5.70. The maximum Gasteiger partial charge on any atom is 0.219 e. The molecule has 1 saturated heterocycles. The number of carbonyl (C=O) groups excluding carboxylic acids is 1. The van der Waals surface area contributed by atoms with E-state index in [2.05, 4.69) is 17.2 Å². The van der Waals surface area contributed by atoms with Gasteiger partial charge in [0.05, 0.1) is 17.1 Å². The molecule has 2 aromatic heterocycles. The molecule has 1 aliphatic heterocycles. The van der Waals surface area contributed by atoms with Crippen LogP contribution in [0.1, 0.15) is 38.4 Å². The van der Waals surface area contributed by atoms with Crippen molar-refractivity contribution in [1.29, 1.82) is 0 Å². The van der Waals surface area contributed by atoms with E-state index in [1.54, 1.807) is 31.5 Å². The predicted octanol–water partition coefficient (Wildman–Crippen LogP) is 3.56. The van der Waals surface area contributed by atoms with Crippen molar-refractivity contribution in [3.8, 4) is 11.3 Å². The lowest BCUT2D eigenvalue weighted by molar-refractivity contribution is -0.132. The topological polar surface area (TPSA) is 123 Å². The average molecular weight is 418 g/mol. The van der Waals surface area contributed by atoms with Gasteiger partial charge in [0.1, 0.15) is 11.6 Å². The Morgan fingerprint density at radius 2 is 1.97 bits per heavy atom. The van der Waals surface area contributed by atoms with Gasteiger partial charge in [-0.05, 0) is 50.1 Å². The van der Waals surface area contributed by atoms with Crippen molar-refractivity contribution in [3.63, 3.8) is 0 Å². The van der Waals surface area contributed by atoms with Crippen LogP contribution in [0, 0.1) is 0 Å². The zero-order chi connectivity index (χ0) is 22.0. The molecule has 0 unspecified atom stereocenters. The Balaban J connectivity index is 1.71. The van der Waals surface area contributed by atoms with Crippen molar-refractivity contribution < 1.29 is 4.79 Å². The van der Waals surface area contributed by atoms with E-state index < -0.39 is 0 Å². The number of benzene rings is 1. The number of pyridine rings is 1. The monoisotopic (exact) mass is 417 g/mol. The number of hydrogen-bond acceptors (Lipinski definition) is 7. The molecule has 160 valence electrons. The molecule has 8 heteroatoms.